The van der Waals surface area contributed by atoms with Crippen LogP contribution in [0.3, 0.4) is 0 Å². The van der Waals surface area contributed by atoms with Crippen molar-refractivity contribution in [3.8, 4) is 0 Å². The molecule has 1 saturated carbocycles. The SMILES string of the molecule is C=CCN(Cc1cccc(CNCC(C)C)c1)C1CC1. The van der Waals surface area contributed by atoms with Crippen LogP contribution in [-0.2, 0) is 13.1 Å². The molecule has 0 bridgehead atoms. The van der Waals surface area contributed by atoms with Crippen LogP contribution in [0.4, 0.5) is 0 Å². The van der Waals surface area contributed by atoms with E-state index in [2.05, 4.69) is 54.9 Å². The van der Waals surface area contributed by atoms with Gasteiger partial charge in [0.15, 0.2) is 0 Å². The zero-order chi connectivity index (χ0) is 14.4. The Hall–Kier alpha value is -1.12. The molecule has 1 fully saturated rings. The molecule has 0 aromatic heterocycles. The van der Waals surface area contributed by atoms with Crippen molar-refractivity contribution in [2.45, 2.75) is 45.8 Å². The van der Waals surface area contributed by atoms with Crippen LogP contribution in [0.1, 0.15) is 37.8 Å². The summed E-state index contributed by atoms with van der Waals surface area (Å²) >= 11 is 0. The highest BCUT2D eigenvalue weighted by Gasteiger charge is 2.27. The Morgan fingerprint density at radius 1 is 1.35 bits per heavy atom. The quantitative estimate of drug-likeness (QED) is 0.691. The van der Waals surface area contributed by atoms with Crippen LogP contribution in [0.15, 0.2) is 36.9 Å². The second kappa shape index (κ2) is 7.61. The van der Waals surface area contributed by atoms with Crippen molar-refractivity contribution in [3.63, 3.8) is 0 Å². The van der Waals surface area contributed by atoms with Crippen LogP contribution in [-0.4, -0.2) is 24.0 Å². The molecule has 1 aromatic carbocycles. The summed E-state index contributed by atoms with van der Waals surface area (Å²) < 4.78 is 0. The standard InChI is InChI=1S/C18H28N2/c1-4-10-20(18-8-9-18)14-17-7-5-6-16(11-17)13-19-12-15(2)3/h4-7,11,15,18-19H,1,8-10,12-14H2,2-3H3. The second-order valence-corrected chi connectivity index (χ2v) is 6.29. The van der Waals surface area contributed by atoms with Crippen molar-refractivity contribution in [2.24, 2.45) is 5.92 Å². The fourth-order valence-electron chi connectivity index (χ4n) is 2.53. The Morgan fingerprint density at radius 2 is 2.10 bits per heavy atom. The normalized spacial score (nSPS) is 15.0. The smallest absolute Gasteiger partial charge is 0.0240 e. The molecule has 0 aliphatic heterocycles. The van der Waals surface area contributed by atoms with Gasteiger partial charge in [0.2, 0.25) is 0 Å². The highest BCUT2D eigenvalue weighted by atomic mass is 15.2. The first-order chi connectivity index (χ1) is 9.69. The van der Waals surface area contributed by atoms with E-state index in [-0.39, 0.29) is 0 Å². The zero-order valence-electron chi connectivity index (χ0n) is 12.9. The molecular formula is C18H28N2. The number of rotatable bonds is 9. The maximum atomic E-state index is 3.88. The molecule has 0 saturated heterocycles. The maximum absolute atomic E-state index is 3.88. The first kappa shape index (κ1) is 15.3. The van der Waals surface area contributed by atoms with E-state index in [0.29, 0.717) is 5.92 Å². The van der Waals surface area contributed by atoms with Crippen LogP contribution in [0.2, 0.25) is 0 Å². The number of nitrogens with zero attached hydrogens (tertiary/aromatic N) is 1. The highest BCUT2D eigenvalue weighted by molar-refractivity contribution is 5.23. The van der Waals surface area contributed by atoms with Crippen LogP contribution in [0.25, 0.3) is 0 Å². The van der Waals surface area contributed by atoms with E-state index in [0.717, 1.165) is 32.2 Å². The van der Waals surface area contributed by atoms with Gasteiger partial charge >= 0.3 is 0 Å². The van der Waals surface area contributed by atoms with E-state index in [1.54, 1.807) is 0 Å². The molecule has 110 valence electrons. The van der Waals surface area contributed by atoms with Crippen LogP contribution in [0, 0.1) is 5.92 Å². The molecule has 1 aliphatic rings. The largest absolute Gasteiger partial charge is 0.312 e. The molecule has 0 spiro atoms. The Bertz CT molecular complexity index is 421. The Labute approximate surface area is 123 Å². The summed E-state index contributed by atoms with van der Waals surface area (Å²) in [5.41, 5.74) is 2.81. The Balaban J connectivity index is 1.89. The predicted molar refractivity (Wildman–Crippen MR) is 86.6 cm³/mol. The summed E-state index contributed by atoms with van der Waals surface area (Å²) in [6.07, 6.45) is 4.72. The molecule has 1 aliphatic carbocycles. The van der Waals surface area contributed by atoms with Gasteiger partial charge in [-0.3, -0.25) is 4.90 Å². The van der Waals surface area contributed by atoms with E-state index in [9.17, 15) is 0 Å². The van der Waals surface area contributed by atoms with Crippen molar-refractivity contribution < 1.29 is 0 Å². The predicted octanol–water partition coefficient (Wildman–Crippen LogP) is 3.58. The summed E-state index contributed by atoms with van der Waals surface area (Å²) in [7, 11) is 0. The van der Waals surface area contributed by atoms with E-state index in [1.807, 2.05) is 6.08 Å². The van der Waals surface area contributed by atoms with Gasteiger partial charge in [0.1, 0.15) is 0 Å². The first-order valence-corrected chi connectivity index (χ1v) is 7.82. The third-order valence-corrected chi connectivity index (χ3v) is 3.69. The Kier molecular flexibility index (Phi) is 5.81. The lowest BCUT2D eigenvalue weighted by atomic mass is 10.1. The van der Waals surface area contributed by atoms with Gasteiger partial charge in [-0.05, 0) is 36.4 Å². The highest BCUT2D eigenvalue weighted by Crippen LogP contribution is 2.28. The van der Waals surface area contributed by atoms with Gasteiger partial charge in [-0.15, -0.1) is 6.58 Å². The molecule has 1 N–H and O–H groups in total. The van der Waals surface area contributed by atoms with Gasteiger partial charge in [-0.1, -0.05) is 44.2 Å². The zero-order valence-corrected chi connectivity index (χ0v) is 12.9. The molecule has 0 amide bonds. The lowest BCUT2D eigenvalue weighted by Gasteiger charge is -2.20. The van der Waals surface area contributed by atoms with Crippen molar-refractivity contribution >= 4 is 0 Å². The number of hydrogen-bond acceptors (Lipinski definition) is 2. The minimum Gasteiger partial charge on any atom is -0.312 e. The second-order valence-electron chi connectivity index (χ2n) is 6.29. The molecule has 2 nitrogen and oxygen atoms in total. The van der Waals surface area contributed by atoms with Crippen LogP contribution in [0.5, 0.6) is 0 Å². The fourth-order valence-corrected chi connectivity index (χ4v) is 2.53. The van der Waals surface area contributed by atoms with Gasteiger partial charge in [0.25, 0.3) is 0 Å². The van der Waals surface area contributed by atoms with E-state index in [1.165, 1.54) is 24.0 Å². The average molecular weight is 272 g/mol. The van der Waals surface area contributed by atoms with E-state index >= 15 is 0 Å². The fraction of sp³-hybridized carbons (Fsp3) is 0.556. The average Bonchev–Trinajstić information content (AvgIpc) is 3.22. The monoisotopic (exact) mass is 272 g/mol. The summed E-state index contributed by atoms with van der Waals surface area (Å²) in [6.45, 7) is 12.5. The van der Waals surface area contributed by atoms with Crippen molar-refractivity contribution in [3.05, 3.63) is 48.0 Å². The third-order valence-electron chi connectivity index (χ3n) is 3.69. The molecule has 0 atom stereocenters. The summed E-state index contributed by atoms with van der Waals surface area (Å²) in [4.78, 5) is 2.54. The van der Waals surface area contributed by atoms with Crippen molar-refractivity contribution in [2.75, 3.05) is 13.1 Å². The number of nitrogens with one attached hydrogen (secondary N) is 1. The topological polar surface area (TPSA) is 15.3 Å². The van der Waals surface area contributed by atoms with Crippen molar-refractivity contribution in [1.82, 2.24) is 10.2 Å². The number of benzene rings is 1. The van der Waals surface area contributed by atoms with Gasteiger partial charge in [0, 0.05) is 25.7 Å². The molecule has 0 heterocycles. The van der Waals surface area contributed by atoms with Gasteiger partial charge in [-0.2, -0.15) is 0 Å². The number of hydrogen-bond donors (Lipinski definition) is 1. The first-order valence-electron chi connectivity index (χ1n) is 7.82. The lowest BCUT2D eigenvalue weighted by Crippen LogP contribution is -2.25. The minimum atomic E-state index is 0.705. The van der Waals surface area contributed by atoms with Crippen molar-refractivity contribution in [1.29, 1.82) is 0 Å². The minimum absolute atomic E-state index is 0.705. The lowest BCUT2D eigenvalue weighted by molar-refractivity contribution is 0.284. The third kappa shape index (κ3) is 5.10. The van der Waals surface area contributed by atoms with Gasteiger partial charge in [0.05, 0.1) is 0 Å². The van der Waals surface area contributed by atoms with Gasteiger partial charge < -0.3 is 5.32 Å². The molecule has 1 aromatic rings. The van der Waals surface area contributed by atoms with Gasteiger partial charge in [-0.25, -0.2) is 0 Å². The maximum Gasteiger partial charge on any atom is 0.0240 e. The summed E-state index contributed by atoms with van der Waals surface area (Å²) in [6, 6.07) is 9.76. The molecule has 2 heteroatoms. The summed E-state index contributed by atoms with van der Waals surface area (Å²) in [5, 5.41) is 3.51. The van der Waals surface area contributed by atoms with Crippen LogP contribution >= 0.6 is 0 Å². The molecule has 20 heavy (non-hydrogen) atoms. The molecule has 2 rings (SSSR count). The van der Waals surface area contributed by atoms with E-state index in [4.69, 9.17) is 0 Å². The molecule has 0 unspecified atom stereocenters. The van der Waals surface area contributed by atoms with Crippen LogP contribution < -0.4 is 5.32 Å². The van der Waals surface area contributed by atoms with E-state index < -0.39 is 0 Å². The summed E-state index contributed by atoms with van der Waals surface area (Å²) in [5.74, 6) is 0.705. The Morgan fingerprint density at radius 3 is 2.75 bits per heavy atom. The molecule has 0 radical (unpaired) electrons. The molecular weight excluding hydrogens is 244 g/mol.